The van der Waals surface area contributed by atoms with Gasteiger partial charge in [0, 0.05) is 23.4 Å². The molecule has 0 saturated carbocycles. The van der Waals surface area contributed by atoms with Crippen LogP contribution in [0.5, 0.6) is 0 Å². The number of nitrogens with zero attached hydrogens (tertiary/aromatic N) is 1. The Morgan fingerprint density at radius 1 is 1.07 bits per heavy atom. The molecular weight excluding hydrogens is 371 g/mol. The van der Waals surface area contributed by atoms with E-state index in [4.69, 9.17) is 5.11 Å². The largest absolute Gasteiger partial charge is 0.394 e. The van der Waals surface area contributed by atoms with Crippen molar-refractivity contribution >= 4 is 19.0 Å². The minimum atomic E-state index is -4.57. The van der Waals surface area contributed by atoms with E-state index in [9.17, 15) is 24.5 Å². The molecule has 8 nitrogen and oxygen atoms in total. The monoisotopic (exact) mass is 396 g/mol. The standard InChI is InChI=1S/C15H17N2O5P.C3H8O/c1-10-3-7-13(8-4-10)16-15(23(20,21)22)12-6-5-11(2)14(9-12)17(18)19;1-3(2)4/h3-9,15-16H,1-2H3,(H2,20,21,22);3-4H,1-2H3. The summed E-state index contributed by atoms with van der Waals surface area (Å²) >= 11 is 0. The molecule has 0 aliphatic heterocycles. The Morgan fingerprint density at radius 2 is 1.59 bits per heavy atom. The topological polar surface area (TPSA) is 133 Å². The van der Waals surface area contributed by atoms with Gasteiger partial charge in [-0.1, -0.05) is 29.8 Å². The summed E-state index contributed by atoms with van der Waals surface area (Å²) in [6.45, 7) is 6.91. The number of nitrogens with one attached hydrogen (secondary N) is 1. The van der Waals surface area contributed by atoms with Gasteiger partial charge in [-0.3, -0.25) is 14.7 Å². The first-order valence-corrected chi connectivity index (χ1v) is 9.91. The highest BCUT2D eigenvalue weighted by Crippen LogP contribution is 2.52. The van der Waals surface area contributed by atoms with Crippen molar-refractivity contribution in [2.24, 2.45) is 0 Å². The zero-order valence-corrected chi connectivity index (χ0v) is 16.6. The summed E-state index contributed by atoms with van der Waals surface area (Å²) in [4.78, 5) is 29.7. The fraction of sp³-hybridized carbons (Fsp3) is 0.333. The predicted octanol–water partition coefficient (Wildman–Crippen LogP) is 3.89. The average molecular weight is 396 g/mol. The van der Waals surface area contributed by atoms with E-state index in [1.54, 1.807) is 45.0 Å². The Hall–Kier alpha value is -2.25. The van der Waals surface area contributed by atoms with Gasteiger partial charge in [0.25, 0.3) is 5.69 Å². The van der Waals surface area contributed by atoms with Gasteiger partial charge in [-0.2, -0.15) is 0 Å². The van der Waals surface area contributed by atoms with Crippen LogP contribution in [0, 0.1) is 24.0 Å². The first-order chi connectivity index (χ1) is 12.4. The Morgan fingerprint density at radius 3 is 2.04 bits per heavy atom. The molecule has 1 atom stereocenters. The van der Waals surface area contributed by atoms with Crippen LogP contribution in [0.25, 0.3) is 0 Å². The molecule has 2 aromatic rings. The fourth-order valence-corrected chi connectivity index (χ4v) is 3.03. The van der Waals surface area contributed by atoms with Crippen LogP contribution in [0.15, 0.2) is 42.5 Å². The average Bonchev–Trinajstić information content (AvgIpc) is 2.53. The van der Waals surface area contributed by atoms with E-state index in [0.717, 1.165) is 5.56 Å². The predicted molar refractivity (Wildman–Crippen MR) is 105 cm³/mol. The van der Waals surface area contributed by atoms with Gasteiger partial charge < -0.3 is 20.2 Å². The number of hydrogen-bond donors (Lipinski definition) is 4. The summed E-state index contributed by atoms with van der Waals surface area (Å²) < 4.78 is 11.8. The van der Waals surface area contributed by atoms with Crippen molar-refractivity contribution in [2.75, 3.05) is 5.32 Å². The zero-order chi connectivity index (χ0) is 20.8. The Bertz CT molecular complexity index is 814. The quantitative estimate of drug-likeness (QED) is 0.342. The molecule has 27 heavy (non-hydrogen) atoms. The van der Waals surface area contributed by atoms with E-state index in [1.807, 2.05) is 6.92 Å². The SMILES string of the molecule is CC(C)O.Cc1ccc(NC(c2ccc(C)c([N+](=O)[O-])c2)P(=O)(O)O)cc1. The number of aryl methyl sites for hydroxylation is 2. The minimum absolute atomic E-state index is 0.163. The van der Waals surface area contributed by atoms with Crippen molar-refractivity contribution in [1.29, 1.82) is 0 Å². The molecule has 0 aliphatic carbocycles. The summed E-state index contributed by atoms with van der Waals surface area (Å²) in [7, 11) is -4.57. The summed E-state index contributed by atoms with van der Waals surface area (Å²) in [6, 6.07) is 11.1. The van der Waals surface area contributed by atoms with Crippen LogP contribution in [0.4, 0.5) is 11.4 Å². The number of nitro groups is 1. The molecule has 0 spiro atoms. The molecule has 0 amide bonds. The van der Waals surface area contributed by atoms with Crippen molar-refractivity contribution in [3.63, 3.8) is 0 Å². The molecule has 4 N–H and O–H groups in total. The van der Waals surface area contributed by atoms with Crippen LogP contribution in [0.1, 0.15) is 36.3 Å². The minimum Gasteiger partial charge on any atom is -0.394 e. The first kappa shape index (κ1) is 22.8. The molecular formula is C18H25N2O6P. The molecule has 0 saturated heterocycles. The molecule has 0 bridgehead atoms. The lowest BCUT2D eigenvalue weighted by molar-refractivity contribution is -0.385. The maximum absolute atomic E-state index is 11.8. The number of rotatable bonds is 5. The summed E-state index contributed by atoms with van der Waals surface area (Å²) in [5, 5.41) is 21.9. The van der Waals surface area contributed by atoms with E-state index in [0.29, 0.717) is 11.3 Å². The number of benzene rings is 2. The van der Waals surface area contributed by atoms with Crippen molar-refractivity contribution < 1.29 is 24.4 Å². The van der Waals surface area contributed by atoms with Gasteiger partial charge in [0.2, 0.25) is 0 Å². The molecule has 2 aromatic carbocycles. The number of hydrogen-bond acceptors (Lipinski definition) is 5. The second-order valence-electron chi connectivity index (χ2n) is 6.40. The van der Waals surface area contributed by atoms with Crippen molar-refractivity contribution in [1.82, 2.24) is 0 Å². The number of aliphatic hydroxyl groups excluding tert-OH is 1. The fourth-order valence-electron chi connectivity index (χ4n) is 2.16. The molecule has 0 radical (unpaired) electrons. The molecule has 148 valence electrons. The molecule has 9 heteroatoms. The van der Waals surface area contributed by atoms with Crippen LogP contribution in [-0.4, -0.2) is 25.9 Å². The third-order valence-corrected chi connectivity index (χ3v) is 4.54. The third-order valence-electron chi connectivity index (χ3n) is 3.44. The summed E-state index contributed by atoms with van der Waals surface area (Å²) in [5.74, 6) is -1.36. The van der Waals surface area contributed by atoms with Crippen molar-refractivity contribution in [3.05, 3.63) is 69.3 Å². The lowest BCUT2D eigenvalue weighted by Gasteiger charge is -2.21. The van der Waals surface area contributed by atoms with Crippen molar-refractivity contribution in [3.8, 4) is 0 Å². The van der Waals surface area contributed by atoms with E-state index in [2.05, 4.69) is 5.32 Å². The van der Waals surface area contributed by atoms with Crippen LogP contribution >= 0.6 is 7.60 Å². The van der Waals surface area contributed by atoms with E-state index < -0.39 is 18.3 Å². The van der Waals surface area contributed by atoms with Crippen molar-refractivity contribution in [2.45, 2.75) is 39.6 Å². The van der Waals surface area contributed by atoms with E-state index in [1.165, 1.54) is 18.2 Å². The molecule has 0 heterocycles. The Balaban J connectivity index is 0.000000828. The number of nitro benzene ring substituents is 1. The van der Waals surface area contributed by atoms with Crippen LogP contribution in [0.3, 0.4) is 0 Å². The first-order valence-electron chi connectivity index (χ1n) is 8.23. The number of aliphatic hydroxyl groups is 1. The molecule has 2 rings (SSSR count). The number of anilines is 1. The van der Waals surface area contributed by atoms with Gasteiger partial charge in [-0.25, -0.2) is 0 Å². The summed E-state index contributed by atoms with van der Waals surface area (Å²) in [5.41, 5.74) is 1.95. The van der Waals surface area contributed by atoms with Crippen LogP contribution in [-0.2, 0) is 4.57 Å². The van der Waals surface area contributed by atoms with E-state index >= 15 is 0 Å². The highest BCUT2D eigenvalue weighted by Gasteiger charge is 2.32. The van der Waals surface area contributed by atoms with E-state index in [-0.39, 0.29) is 17.4 Å². The maximum atomic E-state index is 11.8. The van der Waals surface area contributed by atoms with Gasteiger partial charge in [-0.05, 0) is 45.4 Å². The smallest absolute Gasteiger partial charge is 0.352 e. The van der Waals surface area contributed by atoms with Gasteiger partial charge in [0.1, 0.15) is 0 Å². The van der Waals surface area contributed by atoms with Gasteiger partial charge in [0.15, 0.2) is 5.78 Å². The highest BCUT2D eigenvalue weighted by molar-refractivity contribution is 7.52. The lowest BCUT2D eigenvalue weighted by atomic mass is 10.1. The maximum Gasteiger partial charge on any atom is 0.352 e. The van der Waals surface area contributed by atoms with Gasteiger partial charge in [-0.15, -0.1) is 0 Å². The zero-order valence-electron chi connectivity index (χ0n) is 15.7. The van der Waals surface area contributed by atoms with Gasteiger partial charge in [0.05, 0.1) is 4.92 Å². The Labute approximate surface area is 158 Å². The second kappa shape index (κ2) is 9.62. The summed E-state index contributed by atoms with van der Waals surface area (Å²) in [6.07, 6.45) is -0.167. The Kier molecular flexibility index (Phi) is 8.12. The highest BCUT2D eigenvalue weighted by atomic mass is 31.2. The van der Waals surface area contributed by atoms with Crippen LogP contribution in [0.2, 0.25) is 0 Å². The van der Waals surface area contributed by atoms with Crippen LogP contribution < -0.4 is 5.32 Å². The molecule has 0 fully saturated rings. The molecule has 1 unspecified atom stereocenters. The molecule has 0 aliphatic rings. The van der Waals surface area contributed by atoms with Gasteiger partial charge >= 0.3 is 7.60 Å². The third kappa shape index (κ3) is 7.48. The normalized spacial score (nSPS) is 12.1. The lowest BCUT2D eigenvalue weighted by Crippen LogP contribution is -2.12. The second-order valence-corrected chi connectivity index (χ2v) is 8.09. The molecule has 0 aromatic heterocycles.